The van der Waals surface area contributed by atoms with E-state index < -0.39 is 46.5 Å². The maximum atomic E-state index is 13.1. The number of urea groups is 2. The molecule has 2 aromatic carbocycles. The molecule has 2 aromatic rings. The van der Waals surface area contributed by atoms with E-state index >= 15 is 0 Å². The first-order valence-corrected chi connectivity index (χ1v) is 24.3. The van der Waals surface area contributed by atoms with Crippen LogP contribution in [0.25, 0.3) is 10.8 Å². The number of carbonyl (C=O) groups is 6. The zero-order valence-electron chi connectivity index (χ0n) is 37.9. The highest BCUT2D eigenvalue weighted by molar-refractivity contribution is 6.19. The second kappa shape index (κ2) is 27.6. The fourth-order valence-corrected chi connectivity index (χ4v) is 9.08. The van der Waals surface area contributed by atoms with Crippen LogP contribution < -0.4 is 30.7 Å². The molecule has 0 aromatic heterocycles. The van der Waals surface area contributed by atoms with Gasteiger partial charge in [-0.2, -0.15) is 0 Å². The minimum Gasteiger partial charge on any atom is -0.493 e. The van der Waals surface area contributed by atoms with Crippen molar-refractivity contribution in [2.24, 2.45) is 10.8 Å². The van der Waals surface area contributed by atoms with Gasteiger partial charge in [0.25, 0.3) is 0 Å². The van der Waals surface area contributed by atoms with E-state index in [4.69, 9.17) is 9.47 Å². The van der Waals surface area contributed by atoms with Crippen LogP contribution in [0, 0.1) is 10.8 Å². The van der Waals surface area contributed by atoms with Crippen molar-refractivity contribution in [3.63, 3.8) is 0 Å². The number of barbiturate groups is 2. The minimum atomic E-state index is -1.20. The molecule has 12 nitrogen and oxygen atoms in total. The number of unbranched alkanes of at least 4 members (excludes halogenated alkanes) is 20. The Kier molecular flexibility index (Phi) is 22.3. The predicted octanol–water partition coefficient (Wildman–Crippen LogP) is 11.3. The molecular weight excluding hydrogens is 785 g/mol. The second-order valence-corrected chi connectivity index (χ2v) is 17.7. The van der Waals surface area contributed by atoms with E-state index in [9.17, 15) is 28.8 Å². The molecule has 2 heterocycles. The number of carbonyl (C=O) groups excluding carboxylic acids is 6. The van der Waals surface area contributed by atoms with Gasteiger partial charge in [0.15, 0.2) is 0 Å². The Balaban J connectivity index is 1.18. The Bertz CT molecular complexity index is 1580. The van der Waals surface area contributed by atoms with Crippen LogP contribution in [-0.4, -0.2) is 48.9 Å². The number of hydrogen-bond acceptors (Lipinski definition) is 8. The molecule has 12 heteroatoms. The Morgan fingerprint density at radius 3 is 1.00 bits per heavy atom. The predicted molar refractivity (Wildman–Crippen MR) is 244 cm³/mol. The normalized spacial score (nSPS) is 15.9. The topological polar surface area (TPSA) is 169 Å². The molecule has 0 bridgehead atoms. The van der Waals surface area contributed by atoms with E-state index in [-0.39, 0.29) is 0 Å². The molecule has 2 fully saturated rings. The molecule has 2 aliphatic heterocycles. The van der Waals surface area contributed by atoms with Crippen LogP contribution >= 0.6 is 0 Å². The van der Waals surface area contributed by atoms with Gasteiger partial charge in [-0.1, -0.05) is 179 Å². The average Bonchev–Trinajstić information content (AvgIpc) is 3.25. The molecule has 0 spiro atoms. The molecule has 4 N–H and O–H groups in total. The lowest BCUT2D eigenvalue weighted by Gasteiger charge is -2.34. The molecule has 4 rings (SSSR count). The number of benzene rings is 2. The smallest absolute Gasteiger partial charge is 0.328 e. The summed E-state index contributed by atoms with van der Waals surface area (Å²) >= 11 is 0. The summed E-state index contributed by atoms with van der Waals surface area (Å²) in [7, 11) is 0. The van der Waals surface area contributed by atoms with E-state index in [1.165, 1.54) is 64.2 Å². The zero-order chi connectivity index (χ0) is 44.5. The molecule has 2 saturated heterocycles. The number of imide groups is 4. The highest BCUT2D eigenvalue weighted by Gasteiger charge is 2.50. The lowest BCUT2D eigenvalue weighted by Crippen LogP contribution is -2.62. The quantitative estimate of drug-likeness (QED) is 0.0398. The van der Waals surface area contributed by atoms with Crippen molar-refractivity contribution in [1.82, 2.24) is 21.3 Å². The average molecular weight is 861 g/mol. The van der Waals surface area contributed by atoms with Crippen molar-refractivity contribution in [2.45, 2.75) is 194 Å². The molecule has 0 unspecified atom stereocenters. The standard InChI is InChI=1S/C50H76N4O8/c1-3-5-7-9-11-13-15-21-33-49(43(55)51-47(59)52-44(49)56)35-23-17-19-25-37-61-40-31-27-29-39-30-28-32-41(42(39)40)62-38-26-20-18-24-36-50(45(57)53-48(60)54-46(50)58)34-22-16-14-12-10-8-6-4-2/h27-32H,3-26,33-38H2,1-2H3,(H2,51,52,55,56,59)(H2,53,54,57,58,60). The highest BCUT2D eigenvalue weighted by atomic mass is 16.5. The van der Waals surface area contributed by atoms with Crippen LogP contribution in [0.4, 0.5) is 9.59 Å². The van der Waals surface area contributed by atoms with Gasteiger partial charge in [-0.05, 0) is 56.0 Å². The van der Waals surface area contributed by atoms with Crippen molar-refractivity contribution >= 4 is 46.5 Å². The van der Waals surface area contributed by atoms with Gasteiger partial charge in [0.1, 0.15) is 22.3 Å². The first-order valence-electron chi connectivity index (χ1n) is 24.3. The first kappa shape index (κ1) is 50.2. The summed E-state index contributed by atoms with van der Waals surface area (Å²) in [5.74, 6) is -0.360. The third-order valence-electron chi connectivity index (χ3n) is 12.9. The lowest BCUT2D eigenvalue weighted by atomic mass is 9.75. The van der Waals surface area contributed by atoms with Crippen LogP contribution in [0.3, 0.4) is 0 Å². The number of hydrogen-bond donors (Lipinski definition) is 4. The molecule has 0 atom stereocenters. The maximum Gasteiger partial charge on any atom is 0.328 e. The van der Waals surface area contributed by atoms with Gasteiger partial charge in [-0.3, -0.25) is 40.4 Å². The van der Waals surface area contributed by atoms with E-state index in [2.05, 4.69) is 35.1 Å². The van der Waals surface area contributed by atoms with Gasteiger partial charge < -0.3 is 9.47 Å². The highest BCUT2D eigenvalue weighted by Crippen LogP contribution is 2.37. The minimum absolute atomic E-state index is 0.413. The fraction of sp³-hybridized carbons (Fsp3) is 0.680. The van der Waals surface area contributed by atoms with Gasteiger partial charge in [-0.25, -0.2) is 9.59 Å². The summed E-state index contributed by atoms with van der Waals surface area (Å²) in [5, 5.41) is 11.4. The van der Waals surface area contributed by atoms with Crippen molar-refractivity contribution in [3.05, 3.63) is 36.4 Å². The molecule has 344 valence electrons. The fourth-order valence-electron chi connectivity index (χ4n) is 9.08. The summed E-state index contributed by atoms with van der Waals surface area (Å²) in [6, 6.07) is 10.5. The monoisotopic (exact) mass is 861 g/mol. The van der Waals surface area contributed by atoms with Crippen LogP contribution in [-0.2, 0) is 19.2 Å². The van der Waals surface area contributed by atoms with Crippen LogP contribution in [0.5, 0.6) is 11.5 Å². The van der Waals surface area contributed by atoms with Crippen molar-refractivity contribution in [1.29, 1.82) is 0 Å². The molecular formula is C50H76N4O8. The Morgan fingerprint density at radius 1 is 0.387 bits per heavy atom. The lowest BCUT2D eigenvalue weighted by molar-refractivity contribution is -0.147. The molecule has 0 saturated carbocycles. The number of fused-ring (bicyclic) bond motifs is 1. The van der Waals surface area contributed by atoms with Crippen molar-refractivity contribution in [2.75, 3.05) is 13.2 Å². The number of ether oxygens (including phenoxy) is 2. The summed E-state index contributed by atoms with van der Waals surface area (Å²) in [5.41, 5.74) is -2.40. The summed E-state index contributed by atoms with van der Waals surface area (Å²) in [6.45, 7) is 5.43. The van der Waals surface area contributed by atoms with Crippen LogP contribution in [0.15, 0.2) is 36.4 Å². The van der Waals surface area contributed by atoms with E-state index in [1.807, 2.05) is 36.4 Å². The van der Waals surface area contributed by atoms with E-state index in [0.717, 1.165) is 99.3 Å². The number of nitrogens with one attached hydrogen (secondary N) is 4. The summed E-state index contributed by atoms with van der Waals surface area (Å²) in [6.07, 6.45) is 26.0. The van der Waals surface area contributed by atoms with Gasteiger partial charge in [-0.15, -0.1) is 0 Å². The van der Waals surface area contributed by atoms with Crippen molar-refractivity contribution < 1.29 is 38.2 Å². The van der Waals surface area contributed by atoms with Crippen molar-refractivity contribution in [3.8, 4) is 11.5 Å². The third kappa shape index (κ3) is 15.4. The zero-order valence-corrected chi connectivity index (χ0v) is 37.9. The largest absolute Gasteiger partial charge is 0.493 e. The Morgan fingerprint density at radius 2 is 0.677 bits per heavy atom. The Hall–Kier alpha value is -4.48. The van der Waals surface area contributed by atoms with E-state index in [1.54, 1.807) is 0 Å². The molecule has 0 aliphatic carbocycles. The van der Waals surface area contributed by atoms with Gasteiger partial charge >= 0.3 is 12.1 Å². The van der Waals surface area contributed by atoms with Crippen LogP contribution in [0.1, 0.15) is 194 Å². The Labute approximate surface area is 370 Å². The third-order valence-corrected chi connectivity index (χ3v) is 12.9. The van der Waals surface area contributed by atoms with Gasteiger partial charge in [0.2, 0.25) is 23.6 Å². The maximum absolute atomic E-state index is 13.1. The number of amides is 8. The van der Waals surface area contributed by atoms with Crippen LogP contribution in [0.2, 0.25) is 0 Å². The molecule has 8 amide bonds. The summed E-state index contributed by atoms with van der Waals surface area (Å²) in [4.78, 5) is 76.0. The first-order chi connectivity index (χ1) is 30.2. The molecule has 2 aliphatic rings. The SMILES string of the molecule is CCCCCCCCCCC1(CCCCCCOc2cccc3cccc(OCCCCCCC4(CCCCCCCCCC)C(=O)NC(=O)NC4=O)c23)C(=O)NC(=O)NC1=O. The molecule has 0 radical (unpaired) electrons. The van der Waals surface area contributed by atoms with Gasteiger partial charge in [0, 0.05) is 0 Å². The summed E-state index contributed by atoms with van der Waals surface area (Å²) < 4.78 is 12.6. The number of rotatable bonds is 34. The second-order valence-electron chi connectivity index (χ2n) is 17.7. The molecule has 62 heavy (non-hydrogen) atoms. The van der Waals surface area contributed by atoms with E-state index in [0.29, 0.717) is 51.7 Å². The van der Waals surface area contributed by atoms with Gasteiger partial charge in [0.05, 0.1) is 18.6 Å².